The second-order valence-electron chi connectivity index (χ2n) is 6.69. The summed E-state index contributed by atoms with van der Waals surface area (Å²) < 4.78 is 21.2. The first-order valence-corrected chi connectivity index (χ1v) is 9.74. The molecule has 2 aromatic rings. The lowest BCUT2D eigenvalue weighted by atomic mass is 10.1. The molecule has 1 N–H and O–H groups in total. The van der Waals surface area contributed by atoms with Gasteiger partial charge in [-0.2, -0.15) is 0 Å². The van der Waals surface area contributed by atoms with Crippen molar-refractivity contribution in [1.29, 1.82) is 0 Å². The lowest BCUT2D eigenvalue weighted by molar-refractivity contribution is -0.116. The van der Waals surface area contributed by atoms with E-state index < -0.39 is 0 Å². The number of carbonyl (C=O) groups excluding carboxylic acids is 1. The van der Waals surface area contributed by atoms with Crippen LogP contribution in [-0.2, 0) is 20.7 Å². The number of rotatable bonds is 12. The number of hydrogen-bond acceptors (Lipinski definition) is 5. The van der Waals surface area contributed by atoms with Gasteiger partial charge in [0.05, 0.1) is 13.2 Å². The van der Waals surface area contributed by atoms with Gasteiger partial charge in [0.25, 0.3) is 0 Å². The van der Waals surface area contributed by atoms with E-state index in [1.165, 1.54) is 0 Å². The first-order valence-electron chi connectivity index (χ1n) is 9.74. The van der Waals surface area contributed by atoms with Crippen LogP contribution in [0.1, 0.15) is 11.1 Å². The maximum atomic E-state index is 12.0. The number of ether oxygens (including phenoxy) is 4. The SMILES string of the molecule is COCCOc1ccc(CCNC(=O)/C=C/c2ccc(OCC3CO3)cc2)cc1. The van der Waals surface area contributed by atoms with E-state index in [1.54, 1.807) is 19.3 Å². The van der Waals surface area contributed by atoms with E-state index in [0.29, 0.717) is 26.4 Å². The van der Waals surface area contributed by atoms with E-state index in [-0.39, 0.29) is 12.0 Å². The van der Waals surface area contributed by atoms with Crippen LogP contribution in [0.15, 0.2) is 54.6 Å². The van der Waals surface area contributed by atoms with Gasteiger partial charge >= 0.3 is 0 Å². The van der Waals surface area contributed by atoms with Crippen molar-refractivity contribution in [3.8, 4) is 11.5 Å². The molecule has 0 radical (unpaired) electrons. The van der Waals surface area contributed by atoms with Gasteiger partial charge in [-0.25, -0.2) is 0 Å². The molecule has 29 heavy (non-hydrogen) atoms. The van der Waals surface area contributed by atoms with Crippen molar-refractivity contribution in [2.24, 2.45) is 0 Å². The molecule has 6 nitrogen and oxygen atoms in total. The summed E-state index contributed by atoms with van der Waals surface area (Å²) in [6.45, 7) is 3.03. The Labute approximate surface area is 171 Å². The van der Waals surface area contributed by atoms with Crippen molar-refractivity contribution in [2.75, 3.05) is 40.1 Å². The van der Waals surface area contributed by atoms with E-state index in [1.807, 2.05) is 48.5 Å². The number of methoxy groups -OCH3 is 1. The molecule has 0 aliphatic carbocycles. The molecule has 1 aliphatic heterocycles. The van der Waals surface area contributed by atoms with Gasteiger partial charge in [0.2, 0.25) is 5.91 Å². The van der Waals surface area contributed by atoms with Crippen LogP contribution in [0.5, 0.6) is 11.5 Å². The van der Waals surface area contributed by atoms with Crippen molar-refractivity contribution in [1.82, 2.24) is 5.32 Å². The van der Waals surface area contributed by atoms with Crippen LogP contribution in [0.25, 0.3) is 6.08 Å². The quantitative estimate of drug-likeness (QED) is 0.339. The molecule has 0 saturated carbocycles. The Hall–Kier alpha value is -2.83. The second kappa shape index (κ2) is 11.2. The van der Waals surface area contributed by atoms with Gasteiger partial charge < -0.3 is 24.3 Å². The standard InChI is InChI=1S/C23H27NO5/c1-26-14-15-27-20-7-4-19(5-8-20)12-13-24-23(25)11-6-18-2-9-21(10-3-18)28-16-22-17-29-22/h2-11,22H,12-17H2,1H3,(H,24,25)/b11-6+. The monoisotopic (exact) mass is 397 g/mol. The Morgan fingerprint density at radius 1 is 1.07 bits per heavy atom. The maximum absolute atomic E-state index is 12.0. The van der Waals surface area contributed by atoms with Crippen LogP contribution >= 0.6 is 0 Å². The van der Waals surface area contributed by atoms with Gasteiger partial charge in [-0.05, 0) is 47.9 Å². The molecule has 1 atom stereocenters. The minimum absolute atomic E-state index is 0.115. The molecule has 3 rings (SSSR count). The van der Waals surface area contributed by atoms with E-state index in [2.05, 4.69) is 5.32 Å². The third-order valence-electron chi connectivity index (χ3n) is 4.34. The highest BCUT2D eigenvalue weighted by Crippen LogP contribution is 2.16. The fourth-order valence-corrected chi connectivity index (χ4v) is 2.58. The first kappa shape index (κ1) is 20.9. The summed E-state index contributed by atoms with van der Waals surface area (Å²) in [4.78, 5) is 12.0. The highest BCUT2D eigenvalue weighted by atomic mass is 16.6. The molecule has 6 heteroatoms. The van der Waals surface area contributed by atoms with Crippen molar-refractivity contribution in [3.05, 3.63) is 65.7 Å². The van der Waals surface area contributed by atoms with Gasteiger partial charge in [-0.15, -0.1) is 0 Å². The number of nitrogens with one attached hydrogen (secondary N) is 1. The molecule has 2 aromatic carbocycles. The molecule has 0 spiro atoms. The Morgan fingerprint density at radius 2 is 1.76 bits per heavy atom. The summed E-state index contributed by atoms with van der Waals surface area (Å²) in [6, 6.07) is 15.5. The third-order valence-corrected chi connectivity index (χ3v) is 4.34. The van der Waals surface area contributed by atoms with Gasteiger partial charge in [0.1, 0.15) is 30.8 Å². The van der Waals surface area contributed by atoms with Crippen LogP contribution < -0.4 is 14.8 Å². The summed E-state index contributed by atoms with van der Waals surface area (Å²) in [6.07, 6.45) is 4.33. The van der Waals surface area contributed by atoms with E-state index in [4.69, 9.17) is 18.9 Å². The van der Waals surface area contributed by atoms with E-state index >= 15 is 0 Å². The van der Waals surface area contributed by atoms with Crippen LogP contribution in [0.4, 0.5) is 0 Å². The largest absolute Gasteiger partial charge is 0.491 e. The molecular formula is C23H27NO5. The van der Waals surface area contributed by atoms with Crippen molar-refractivity contribution in [2.45, 2.75) is 12.5 Å². The minimum Gasteiger partial charge on any atom is -0.491 e. The minimum atomic E-state index is -0.115. The zero-order valence-corrected chi connectivity index (χ0v) is 16.6. The number of carbonyl (C=O) groups is 1. The fourth-order valence-electron chi connectivity index (χ4n) is 2.58. The lowest BCUT2D eigenvalue weighted by Crippen LogP contribution is -2.23. The topological polar surface area (TPSA) is 69.3 Å². The molecule has 1 heterocycles. The van der Waals surface area contributed by atoms with Gasteiger partial charge in [-0.3, -0.25) is 4.79 Å². The average molecular weight is 397 g/mol. The Kier molecular flexibility index (Phi) is 8.10. The van der Waals surface area contributed by atoms with Crippen molar-refractivity contribution < 1.29 is 23.7 Å². The summed E-state index contributed by atoms with van der Waals surface area (Å²) in [5.41, 5.74) is 2.08. The van der Waals surface area contributed by atoms with E-state index in [9.17, 15) is 4.79 Å². The van der Waals surface area contributed by atoms with Gasteiger partial charge in [0.15, 0.2) is 0 Å². The van der Waals surface area contributed by atoms with Gasteiger partial charge in [-0.1, -0.05) is 24.3 Å². The molecule has 1 aliphatic rings. The summed E-state index contributed by atoms with van der Waals surface area (Å²) in [5, 5.41) is 2.90. The molecule has 0 bridgehead atoms. The predicted molar refractivity (Wildman–Crippen MR) is 111 cm³/mol. The zero-order chi connectivity index (χ0) is 20.3. The van der Waals surface area contributed by atoms with Crippen molar-refractivity contribution >= 4 is 12.0 Å². The third kappa shape index (κ3) is 7.97. The molecule has 1 amide bonds. The summed E-state index contributed by atoms with van der Waals surface area (Å²) >= 11 is 0. The molecule has 1 fully saturated rings. The first-order chi connectivity index (χ1) is 14.2. The number of amides is 1. The Morgan fingerprint density at radius 3 is 2.45 bits per heavy atom. The molecule has 154 valence electrons. The average Bonchev–Trinajstić information content (AvgIpc) is 3.57. The smallest absolute Gasteiger partial charge is 0.244 e. The van der Waals surface area contributed by atoms with Crippen molar-refractivity contribution in [3.63, 3.8) is 0 Å². The number of hydrogen-bond donors (Lipinski definition) is 1. The Balaban J connectivity index is 1.34. The van der Waals surface area contributed by atoms with Gasteiger partial charge in [0, 0.05) is 19.7 Å². The zero-order valence-electron chi connectivity index (χ0n) is 16.6. The highest BCUT2D eigenvalue weighted by molar-refractivity contribution is 5.91. The fraction of sp³-hybridized carbons (Fsp3) is 0.348. The molecular weight excluding hydrogens is 370 g/mol. The number of benzene rings is 2. The summed E-state index contributed by atoms with van der Waals surface area (Å²) in [7, 11) is 1.65. The van der Waals surface area contributed by atoms with Crippen LogP contribution in [0.3, 0.4) is 0 Å². The Bertz CT molecular complexity index is 782. The van der Waals surface area contributed by atoms with Crippen LogP contribution in [-0.4, -0.2) is 52.1 Å². The van der Waals surface area contributed by atoms with Crippen LogP contribution in [0.2, 0.25) is 0 Å². The second-order valence-corrected chi connectivity index (χ2v) is 6.69. The highest BCUT2D eigenvalue weighted by Gasteiger charge is 2.22. The predicted octanol–water partition coefficient (Wildman–Crippen LogP) is 2.86. The lowest BCUT2D eigenvalue weighted by Gasteiger charge is -2.07. The maximum Gasteiger partial charge on any atom is 0.244 e. The van der Waals surface area contributed by atoms with E-state index in [0.717, 1.165) is 35.7 Å². The summed E-state index contributed by atoms with van der Waals surface area (Å²) in [5.74, 6) is 1.50. The van der Waals surface area contributed by atoms with Crippen LogP contribution in [0, 0.1) is 0 Å². The molecule has 1 unspecified atom stereocenters. The molecule has 0 aromatic heterocycles. The normalized spacial score (nSPS) is 15.3. The molecule has 1 saturated heterocycles. The number of epoxide rings is 1.